The van der Waals surface area contributed by atoms with Crippen LogP contribution in [0.5, 0.6) is 5.75 Å². The van der Waals surface area contributed by atoms with Gasteiger partial charge in [0.1, 0.15) is 12.4 Å². The first kappa shape index (κ1) is 26.9. The molecule has 2 heterocycles. The van der Waals surface area contributed by atoms with Gasteiger partial charge in [0.05, 0.1) is 23.8 Å². The van der Waals surface area contributed by atoms with Gasteiger partial charge in [0.2, 0.25) is 5.95 Å². The maximum Gasteiger partial charge on any atom is 0.416 e. The number of piperidine rings is 1. The van der Waals surface area contributed by atoms with Crippen LogP contribution in [0.2, 0.25) is 0 Å². The molecule has 4 rings (SSSR count). The summed E-state index contributed by atoms with van der Waals surface area (Å²) in [6.07, 6.45) is -1.80. The lowest BCUT2D eigenvalue weighted by atomic mass is 9.97. The molecule has 0 saturated carbocycles. The second kappa shape index (κ2) is 11.5. The van der Waals surface area contributed by atoms with E-state index in [9.17, 15) is 18.0 Å². The molecule has 1 saturated heterocycles. The first-order valence-corrected chi connectivity index (χ1v) is 12.8. The van der Waals surface area contributed by atoms with Crippen molar-refractivity contribution in [3.63, 3.8) is 0 Å². The minimum Gasteiger partial charge on any atom is -0.488 e. The third kappa shape index (κ3) is 6.60. The highest BCUT2D eigenvalue weighted by atomic mass is 79.9. The lowest BCUT2D eigenvalue weighted by Crippen LogP contribution is -2.37. The van der Waals surface area contributed by atoms with Crippen LogP contribution in [-0.4, -0.2) is 35.6 Å². The lowest BCUT2D eigenvalue weighted by Gasteiger charge is -2.31. The van der Waals surface area contributed by atoms with Crippen LogP contribution in [0.3, 0.4) is 0 Å². The summed E-state index contributed by atoms with van der Waals surface area (Å²) >= 11 is 3.43. The van der Waals surface area contributed by atoms with Crippen LogP contribution < -0.4 is 9.64 Å². The van der Waals surface area contributed by atoms with Gasteiger partial charge in [-0.3, -0.25) is 4.79 Å². The molecule has 2 aromatic carbocycles. The van der Waals surface area contributed by atoms with Crippen molar-refractivity contribution in [2.24, 2.45) is 5.92 Å². The number of alkyl halides is 3. The number of benzene rings is 2. The number of carbonyl (C=O) groups is 1. The summed E-state index contributed by atoms with van der Waals surface area (Å²) in [5, 5.41) is 0. The van der Waals surface area contributed by atoms with Crippen molar-refractivity contribution >= 4 is 27.8 Å². The van der Waals surface area contributed by atoms with Crippen LogP contribution in [0, 0.1) is 12.8 Å². The van der Waals surface area contributed by atoms with Gasteiger partial charge in [0, 0.05) is 29.3 Å². The van der Waals surface area contributed by atoms with E-state index in [0.717, 1.165) is 27.7 Å². The van der Waals surface area contributed by atoms with Crippen molar-refractivity contribution in [1.29, 1.82) is 0 Å². The van der Waals surface area contributed by atoms with Crippen LogP contribution in [-0.2, 0) is 22.3 Å². The van der Waals surface area contributed by atoms with Crippen molar-refractivity contribution in [1.82, 2.24) is 9.97 Å². The second-order valence-corrected chi connectivity index (χ2v) is 9.74. The topological polar surface area (TPSA) is 64.5 Å². The van der Waals surface area contributed by atoms with Crippen molar-refractivity contribution in [2.45, 2.75) is 39.5 Å². The Kier molecular flexibility index (Phi) is 8.36. The van der Waals surface area contributed by atoms with Crippen molar-refractivity contribution < 1.29 is 27.4 Å². The fourth-order valence-electron chi connectivity index (χ4n) is 4.24. The van der Waals surface area contributed by atoms with Gasteiger partial charge in [-0.15, -0.1) is 0 Å². The third-order valence-electron chi connectivity index (χ3n) is 6.31. The summed E-state index contributed by atoms with van der Waals surface area (Å²) < 4.78 is 52.7. The molecule has 3 aromatic rings. The fraction of sp³-hybridized carbons (Fsp3) is 0.370. The quantitative estimate of drug-likeness (QED) is 0.295. The molecule has 6 nitrogen and oxygen atoms in total. The summed E-state index contributed by atoms with van der Waals surface area (Å²) in [4.78, 5) is 22.9. The predicted octanol–water partition coefficient (Wildman–Crippen LogP) is 6.59. The molecule has 1 aromatic heterocycles. The van der Waals surface area contributed by atoms with E-state index in [0.29, 0.717) is 49.9 Å². The average Bonchev–Trinajstić information content (AvgIpc) is 2.88. The molecular formula is C27H27BrF3N3O3. The normalized spacial score (nSPS) is 14.5. The maximum atomic E-state index is 13.6. The zero-order chi connectivity index (χ0) is 26.6. The molecule has 196 valence electrons. The summed E-state index contributed by atoms with van der Waals surface area (Å²) in [5.41, 5.74) is 1.69. The number of anilines is 1. The van der Waals surface area contributed by atoms with Gasteiger partial charge in [0.25, 0.3) is 0 Å². The average molecular weight is 578 g/mol. The SMILES string of the molecule is CCOC(=O)C1CCN(c2nccc(-c3cc(C(F)(F)F)ccc3OCc3ccc(Br)cc3C)n2)CC1. The number of ether oxygens (including phenoxy) is 2. The lowest BCUT2D eigenvalue weighted by molar-refractivity contribution is -0.148. The maximum absolute atomic E-state index is 13.6. The van der Waals surface area contributed by atoms with Crippen molar-refractivity contribution in [3.8, 4) is 17.0 Å². The van der Waals surface area contributed by atoms with Crippen LogP contribution >= 0.6 is 15.9 Å². The standard InChI is InChI=1S/C27H27BrF3N3O3/c1-3-36-25(35)18-9-12-34(13-10-18)26-32-11-8-23(33-26)22-15-20(27(29,30)31)5-7-24(22)37-16-19-4-6-21(28)14-17(19)2/h4-8,11,14-15,18H,3,9-10,12-13,16H2,1-2H3. The zero-order valence-electron chi connectivity index (χ0n) is 20.5. The van der Waals surface area contributed by atoms with E-state index < -0.39 is 11.7 Å². The predicted molar refractivity (Wildman–Crippen MR) is 137 cm³/mol. The third-order valence-corrected chi connectivity index (χ3v) is 6.80. The summed E-state index contributed by atoms with van der Waals surface area (Å²) in [6, 6.07) is 10.7. The highest BCUT2D eigenvalue weighted by Gasteiger charge is 2.32. The largest absolute Gasteiger partial charge is 0.488 e. The van der Waals surface area contributed by atoms with E-state index >= 15 is 0 Å². The van der Waals surface area contributed by atoms with Crippen LogP contribution in [0.1, 0.15) is 36.5 Å². The van der Waals surface area contributed by atoms with E-state index in [-0.39, 0.29) is 24.1 Å². The minimum absolute atomic E-state index is 0.176. The Morgan fingerprint density at radius 1 is 1.14 bits per heavy atom. The number of rotatable bonds is 7. The Balaban J connectivity index is 1.60. The van der Waals surface area contributed by atoms with Crippen molar-refractivity contribution in [2.75, 3.05) is 24.6 Å². The Morgan fingerprint density at radius 3 is 2.57 bits per heavy atom. The number of esters is 1. The number of aryl methyl sites for hydroxylation is 1. The number of carbonyl (C=O) groups excluding carboxylic acids is 1. The Bertz CT molecular complexity index is 1260. The van der Waals surface area contributed by atoms with E-state index in [1.54, 1.807) is 13.0 Å². The molecular weight excluding hydrogens is 551 g/mol. The number of hydrogen-bond acceptors (Lipinski definition) is 6. The molecule has 37 heavy (non-hydrogen) atoms. The van der Waals surface area contributed by atoms with Crippen molar-refractivity contribution in [3.05, 3.63) is 69.8 Å². The molecule has 0 atom stereocenters. The van der Waals surface area contributed by atoms with Crippen LogP contribution in [0.25, 0.3) is 11.3 Å². The minimum atomic E-state index is -4.51. The molecule has 0 aliphatic carbocycles. The monoisotopic (exact) mass is 577 g/mol. The van der Waals surface area contributed by atoms with Gasteiger partial charge in [-0.2, -0.15) is 13.2 Å². The Hall–Kier alpha value is -3.14. The molecule has 0 bridgehead atoms. The fourth-order valence-corrected chi connectivity index (χ4v) is 4.71. The Labute approximate surface area is 222 Å². The summed E-state index contributed by atoms with van der Waals surface area (Å²) in [7, 11) is 0. The first-order chi connectivity index (χ1) is 17.7. The molecule has 0 spiro atoms. The van der Waals surface area contributed by atoms with Gasteiger partial charge in [-0.25, -0.2) is 9.97 Å². The molecule has 1 fully saturated rings. The van der Waals surface area contributed by atoms with E-state index in [1.807, 2.05) is 30.0 Å². The van der Waals surface area contributed by atoms with Gasteiger partial charge in [0.15, 0.2) is 0 Å². The van der Waals surface area contributed by atoms with Gasteiger partial charge in [-0.1, -0.05) is 22.0 Å². The van der Waals surface area contributed by atoms with Gasteiger partial charge < -0.3 is 14.4 Å². The molecule has 0 amide bonds. The van der Waals surface area contributed by atoms with Crippen LogP contribution in [0.4, 0.5) is 19.1 Å². The molecule has 0 radical (unpaired) electrons. The molecule has 0 N–H and O–H groups in total. The molecule has 1 aliphatic heterocycles. The molecule has 1 aliphatic rings. The highest BCUT2D eigenvalue weighted by molar-refractivity contribution is 9.10. The highest BCUT2D eigenvalue weighted by Crippen LogP contribution is 2.37. The summed E-state index contributed by atoms with van der Waals surface area (Å²) in [6.45, 7) is 5.34. The number of nitrogens with zero attached hydrogens (tertiary/aromatic N) is 3. The number of halogens is 4. The van der Waals surface area contributed by atoms with E-state index in [1.165, 1.54) is 12.3 Å². The van der Waals surface area contributed by atoms with E-state index in [4.69, 9.17) is 9.47 Å². The van der Waals surface area contributed by atoms with Gasteiger partial charge >= 0.3 is 12.1 Å². The second-order valence-electron chi connectivity index (χ2n) is 8.82. The number of hydrogen-bond donors (Lipinski definition) is 0. The van der Waals surface area contributed by atoms with Gasteiger partial charge in [-0.05, 0) is 74.2 Å². The molecule has 10 heteroatoms. The Morgan fingerprint density at radius 2 is 1.89 bits per heavy atom. The number of aromatic nitrogens is 2. The zero-order valence-corrected chi connectivity index (χ0v) is 22.1. The van der Waals surface area contributed by atoms with E-state index in [2.05, 4.69) is 25.9 Å². The summed E-state index contributed by atoms with van der Waals surface area (Å²) in [5.74, 6) is 0.307. The molecule has 0 unspecified atom stereocenters. The van der Waals surface area contributed by atoms with Crippen LogP contribution in [0.15, 0.2) is 53.1 Å². The smallest absolute Gasteiger partial charge is 0.416 e. The first-order valence-electron chi connectivity index (χ1n) is 12.0.